The second kappa shape index (κ2) is 5.82. The summed E-state index contributed by atoms with van der Waals surface area (Å²) < 4.78 is 103. The Morgan fingerprint density at radius 2 is 1.68 bits per heavy atom. The Balaban J connectivity index is 2.52. The van der Waals surface area contributed by atoms with Crippen molar-refractivity contribution in [3.05, 3.63) is 35.5 Å². The van der Waals surface area contributed by atoms with Crippen LogP contribution in [0.15, 0.2) is 29.4 Å². The van der Waals surface area contributed by atoms with Gasteiger partial charge in [0, 0.05) is 13.1 Å². The van der Waals surface area contributed by atoms with Crippen molar-refractivity contribution < 1.29 is 39.9 Å². The summed E-state index contributed by atoms with van der Waals surface area (Å²) >= 11 is 0. The fourth-order valence-electron chi connectivity index (χ4n) is 1.98. The maximum absolute atomic E-state index is 12.9. The van der Waals surface area contributed by atoms with E-state index in [9.17, 15) is 39.9 Å². The molecule has 2 N–H and O–H groups in total. The molecule has 0 aliphatic carbocycles. The van der Waals surface area contributed by atoms with Crippen LogP contribution in [0.3, 0.4) is 0 Å². The smallest absolute Gasteiger partial charge is 0.420 e. The molecule has 0 amide bonds. The van der Waals surface area contributed by atoms with E-state index in [-0.39, 0.29) is 6.20 Å². The molecular formula is C12H9F6N3O3S. The molecular weight excluding hydrogens is 380 g/mol. The normalized spacial score (nSPS) is 13.1. The van der Waals surface area contributed by atoms with Crippen LogP contribution in [0.2, 0.25) is 0 Å². The quantitative estimate of drug-likeness (QED) is 0.791. The van der Waals surface area contributed by atoms with E-state index in [1.807, 2.05) is 0 Å². The van der Waals surface area contributed by atoms with Crippen molar-refractivity contribution in [2.45, 2.75) is 17.4 Å². The molecule has 25 heavy (non-hydrogen) atoms. The first-order valence-corrected chi connectivity index (χ1v) is 7.73. The number of rotatable bonds is 3. The highest BCUT2D eigenvalue weighted by molar-refractivity contribution is 7.92. The predicted octanol–water partition coefficient (Wildman–Crippen LogP) is 2.96. The largest absolute Gasteiger partial charge is 0.508 e. The van der Waals surface area contributed by atoms with Gasteiger partial charge in [-0.1, -0.05) is 0 Å². The number of aromatic nitrogens is 2. The number of benzene rings is 1. The molecule has 0 saturated heterocycles. The molecule has 0 unspecified atom stereocenters. The summed E-state index contributed by atoms with van der Waals surface area (Å²) in [7, 11) is -4.02. The molecule has 13 heteroatoms. The van der Waals surface area contributed by atoms with Crippen molar-refractivity contribution >= 4 is 15.7 Å². The van der Waals surface area contributed by atoms with Crippen molar-refractivity contribution in [2.75, 3.05) is 4.72 Å². The van der Waals surface area contributed by atoms with E-state index in [1.165, 1.54) is 0 Å². The molecule has 0 aliphatic rings. The van der Waals surface area contributed by atoms with Gasteiger partial charge in [-0.25, -0.2) is 0 Å². The SMILES string of the molecule is Cn1ncc(C(F)(F)F)c1S(=O)(=O)Nc1cc(O)cc(C(F)(F)F)c1. The lowest BCUT2D eigenvalue weighted by molar-refractivity contribution is -0.140. The standard InChI is InChI=1S/C12H9F6N3O3S/c1-21-10(9(5-19-21)12(16,17)18)25(23,24)20-7-2-6(11(13,14)15)3-8(22)4-7/h2-5,20,22H,1H3. The predicted molar refractivity (Wildman–Crippen MR) is 72.1 cm³/mol. The van der Waals surface area contributed by atoms with Crippen LogP contribution < -0.4 is 4.72 Å². The Labute approximate surface area is 136 Å². The van der Waals surface area contributed by atoms with E-state index in [0.29, 0.717) is 22.9 Å². The van der Waals surface area contributed by atoms with Crippen LogP contribution in [-0.4, -0.2) is 23.3 Å². The van der Waals surface area contributed by atoms with E-state index in [2.05, 4.69) is 5.10 Å². The Kier molecular flexibility index (Phi) is 4.40. The first kappa shape index (κ1) is 18.9. The van der Waals surface area contributed by atoms with Crippen LogP contribution in [0.1, 0.15) is 11.1 Å². The van der Waals surface area contributed by atoms with Gasteiger partial charge in [0.15, 0.2) is 5.03 Å². The second-order valence-electron chi connectivity index (χ2n) is 4.86. The van der Waals surface area contributed by atoms with Crippen molar-refractivity contribution in [1.29, 1.82) is 0 Å². The monoisotopic (exact) mass is 389 g/mol. The van der Waals surface area contributed by atoms with E-state index >= 15 is 0 Å². The zero-order valence-electron chi connectivity index (χ0n) is 12.1. The third-order valence-corrected chi connectivity index (χ3v) is 4.44. The van der Waals surface area contributed by atoms with Crippen LogP contribution in [0.4, 0.5) is 32.0 Å². The molecule has 138 valence electrons. The van der Waals surface area contributed by atoms with Gasteiger partial charge >= 0.3 is 12.4 Å². The number of hydrogen-bond donors (Lipinski definition) is 2. The van der Waals surface area contributed by atoms with Gasteiger partial charge in [0.25, 0.3) is 10.0 Å². The average molecular weight is 389 g/mol. The zero-order chi connectivity index (χ0) is 19.2. The number of anilines is 1. The van der Waals surface area contributed by atoms with Crippen molar-refractivity contribution in [3.63, 3.8) is 0 Å². The summed E-state index contributed by atoms with van der Waals surface area (Å²) in [5, 5.41) is 11.2. The van der Waals surface area contributed by atoms with Crippen LogP contribution >= 0.6 is 0 Å². The van der Waals surface area contributed by atoms with Gasteiger partial charge in [-0.2, -0.15) is 39.9 Å². The molecule has 0 bridgehead atoms. The highest BCUT2D eigenvalue weighted by Gasteiger charge is 2.40. The number of phenols is 1. The van der Waals surface area contributed by atoms with Crippen LogP contribution in [-0.2, 0) is 29.4 Å². The minimum Gasteiger partial charge on any atom is -0.508 e. The van der Waals surface area contributed by atoms with Crippen LogP contribution in [0.25, 0.3) is 0 Å². The van der Waals surface area contributed by atoms with Crippen LogP contribution in [0, 0.1) is 0 Å². The molecule has 2 rings (SSSR count). The minimum absolute atomic E-state index is 0.276. The van der Waals surface area contributed by atoms with Crippen LogP contribution in [0.5, 0.6) is 5.75 Å². The molecule has 1 heterocycles. The number of aromatic hydroxyl groups is 1. The van der Waals surface area contributed by atoms with E-state index < -0.39 is 50.0 Å². The van der Waals surface area contributed by atoms with E-state index in [4.69, 9.17) is 0 Å². The van der Waals surface area contributed by atoms with Gasteiger partial charge in [0.1, 0.15) is 11.3 Å². The summed E-state index contributed by atoms with van der Waals surface area (Å²) in [4.78, 5) is 0. The third-order valence-electron chi connectivity index (χ3n) is 2.94. The highest BCUT2D eigenvalue weighted by Crippen LogP contribution is 2.36. The van der Waals surface area contributed by atoms with Gasteiger partial charge in [-0.15, -0.1) is 0 Å². The first-order chi connectivity index (χ1) is 11.2. The number of nitrogens with one attached hydrogen (secondary N) is 1. The Morgan fingerprint density at radius 1 is 1.08 bits per heavy atom. The van der Waals surface area contributed by atoms with Crippen molar-refractivity contribution in [3.8, 4) is 5.75 Å². The summed E-state index contributed by atoms with van der Waals surface area (Å²) in [6.07, 6.45) is -9.67. The number of sulfonamides is 1. The molecule has 0 aliphatic heterocycles. The summed E-state index contributed by atoms with van der Waals surface area (Å²) in [5.74, 6) is -0.923. The summed E-state index contributed by atoms with van der Waals surface area (Å²) in [6.45, 7) is 0. The van der Waals surface area contributed by atoms with Gasteiger partial charge in [-0.05, 0) is 12.1 Å². The fourth-order valence-corrected chi connectivity index (χ4v) is 3.35. The summed E-state index contributed by atoms with van der Waals surface area (Å²) in [6, 6.07) is 1.29. The van der Waals surface area contributed by atoms with E-state index in [1.54, 1.807) is 4.72 Å². The molecule has 0 atom stereocenters. The lowest BCUT2D eigenvalue weighted by Gasteiger charge is -2.14. The molecule has 1 aromatic carbocycles. The van der Waals surface area contributed by atoms with Gasteiger partial charge < -0.3 is 5.11 Å². The molecule has 0 radical (unpaired) electrons. The Morgan fingerprint density at radius 3 is 2.20 bits per heavy atom. The summed E-state index contributed by atoms with van der Waals surface area (Å²) in [5.41, 5.74) is -3.73. The maximum Gasteiger partial charge on any atom is 0.420 e. The number of alkyl halides is 6. The van der Waals surface area contributed by atoms with E-state index in [0.717, 1.165) is 7.05 Å². The Hall–Kier alpha value is -2.44. The second-order valence-corrected chi connectivity index (χ2v) is 6.45. The number of phenolic OH excluding ortho intramolecular Hbond substituents is 1. The lowest BCUT2D eigenvalue weighted by Crippen LogP contribution is -2.21. The fraction of sp³-hybridized carbons (Fsp3) is 0.250. The van der Waals surface area contributed by atoms with Gasteiger partial charge in [0.2, 0.25) is 0 Å². The topological polar surface area (TPSA) is 84.2 Å². The molecule has 1 aromatic heterocycles. The number of aryl methyl sites for hydroxylation is 1. The van der Waals surface area contributed by atoms with Crippen molar-refractivity contribution in [1.82, 2.24) is 9.78 Å². The molecule has 6 nitrogen and oxygen atoms in total. The molecule has 0 spiro atoms. The number of halogens is 6. The molecule has 2 aromatic rings. The molecule has 0 saturated carbocycles. The van der Waals surface area contributed by atoms with Gasteiger partial charge in [-0.3, -0.25) is 9.40 Å². The molecule has 0 fully saturated rings. The first-order valence-electron chi connectivity index (χ1n) is 6.25. The third kappa shape index (κ3) is 3.97. The lowest BCUT2D eigenvalue weighted by atomic mass is 10.2. The number of hydrogen-bond acceptors (Lipinski definition) is 4. The zero-order valence-corrected chi connectivity index (χ0v) is 13.0. The number of nitrogens with zero attached hydrogens (tertiary/aromatic N) is 2. The van der Waals surface area contributed by atoms with Crippen molar-refractivity contribution in [2.24, 2.45) is 7.05 Å². The highest BCUT2D eigenvalue weighted by atomic mass is 32.2. The minimum atomic E-state index is -5.05. The average Bonchev–Trinajstić information content (AvgIpc) is 2.79. The van der Waals surface area contributed by atoms with Gasteiger partial charge in [0.05, 0.1) is 17.4 Å². The Bertz CT molecular complexity index is 902. The maximum atomic E-state index is 12.9.